The van der Waals surface area contributed by atoms with Gasteiger partial charge in [-0.2, -0.15) is 0 Å². The summed E-state index contributed by atoms with van der Waals surface area (Å²) < 4.78 is 0. The SMILES string of the molecule is CN(CCCCCC(=O)CO)C(=O)/C=C/C=C/c1ccccc1. The quantitative estimate of drug-likeness (QED) is 0.410. The van der Waals surface area contributed by atoms with E-state index >= 15 is 0 Å². The molecule has 0 aliphatic carbocycles. The number of unbranched alkanes of at least 4 members (excludes halogenated alkanes) is 2. The van der Waals surface area contributed by atoms with Crippen LogP contribution >= 0.6 is 0 Å². The smallest absolute Gasteiger partial charge is 0.246 e. The Kier molecular flexibility index (Phi) is 9.32. The molecule has 0 fully saturated rings. The van der Waals surface area contributed by atoms with Gasteiger partial charge in [0.15, 0.2) is 5.78 Å². The number of hydrogen-bond acceptors (Lipinski definition) is 3. The Morgan fingerprint density at radius 3 is 2.52 bits per heavy atom. The molecule has 1 amide bonds. The number of aliphatic hydroxyl groups excluding tert-OH is 1. The molecular weight excluding hydrogens is 290 g/mol. The van der Waals surface area contributed by atoms with Gasteiger partial charge in [0.25, 0.3) is 0 Å². The molecule has 0 radical (unpaired) electrons. The van der Waals surface area contributed by atoms with Gasteiger partial charge in [0.1, 0.15) is 6.61 Å². The van der Waals surface area contributed by atoms with Crippen molar-refractivity contribution in [2.75, 3.05) is 20.2 Å². The number of carbonyl (C=O) groups is 2. The van der Waals surface area contributed by atoms with Crippen molar-refractivity contribution in [3.8, 4) is 0 Å². The van der Waals surface area contributed by atoms with Gasteiger partial charge < -0.3 is 10.0 Å². The summed E-state index contributed by atoms with van der Waals surface area (Å²) in [6.45, 7) is 0.290. The number of rotatable bonds is 10. The van der Waals surface area contributed by atoms with Crippen LogP contribution in [0.25, 0.3) is 6.08 Å². The molecule has 0 saturated heterocycles. The Labute approximate surface area is 138 Å². The Morgan fingerprint density at radius 1 is 1.09 bits per heavy atom. The molecule has 0 aromatic heterocycles. The summed E-state index contributed by atoms with van der Waals surface area (Å²) in [5.41, 5.74) is 1.09. The molecule has 4 nitrogen and oxygen atoms in total. The first-order chi connectivity index (χ1) is 11.1. The summed E-state index contributed by atoms with van der Waals surface area (Å²) in [4.78, 5) is 24.5. The first kappa shape index (κ1) is 18.8. The Morgan fingerprint density at radius 2 is 1.83 bits per heavy atom. The minimum atomic E-state index is -0.375. The fourth-order valence-corrected chi connectivity index (χ4v) is 2.03. The van der Waals surface area contributed by atoms with Gasteiger partial charge >= 0.3 is 0 Å². The molecule has 0 bridgehead atoms. The van der Waals surface area contributed by atoms with Crippen molar-refractivity contribution in [1.29, 1.82) is 0 Å². The molecular formula is C19H25NO3. The van der Waals surface area contributed by atoms with Crippen LogP contribution in [0.4, 0.5) is 0 Å². The maximum Gasteiger partial charge on any atom is 0.246 e. The zero-order valence-electron chi connectivity index (χ0n) is 13.6. The van der Waals surface area contributed by atoms with E-state index in [0.29, 0.717) is 13.0 Å². The van der Waals surface area contributed by atoms with Crippen molar-refractivity contribution in [2.24, 2.45) is 0 Å². The monoisotopic (exact) mass is 315 g/mol. The summed E-state index contributed by atoms with van der Waals surface area (Å²) in [6.07, 6.45) is 10.00. The molecule has 23 heavy (non-hydrogen) atoms. The summed E-state index contributed by atoms with van der Waals surface area (Å²) in [7, 11) is 1.77. The lowest BCUT2D eigenvalue weighted by Crippen LogP contribution is -2.25. The van der Waals surface area contributed by atoms with Crippen LogP contribution in [0, 0.1) is 0 Å². The molecule has 0 aliphatic heterocycles. The molecule has 0 saturated carbocycles. The van der Waals surface area contributed by atoms with Gasteiger partial charge in [-0.25, -0.2) is 0 Å². The van der Waals surface area contributed by atoms with Crippen LogP contribution in [0.1, 0.15) is 31.2 Å². The second-order valence-corrected chi connectivity index (χ2v) is 5.40. The summed E-state index contributed by atoms with van der Waals surface area (Å²) in [5.74, 6) is -0.156. The maximum absolute atomic E-state index is 11.9. The molecule has 4 heteroatoms. The Balaban J connectivity index is 2.21. The molecule has 1 rings (SSSR count). The molecule has 0 aliphatic rings. The van der Waals surface area contributed by atoms with E-state index in [1.54, 1.807) is 24.1 Å². The molecule has 1 aromatic rings. The lowest BCUT2D eigenvalue weighted by molar-refractivity contribution is -0.125. The third-order valence-electron chi connectivity index (χ3n) is 3.44. The van der Waals surface area contributed by atoms with Gasteiger partial charge in [0, 0.05) is 26.1 Å². The van der Waals surface area contributed by atoms with Crippen molar-refractivity contribution in [3.05, 3.63) is 54.1 Å². The summed E-state index contributed by atoms with van der Waals surface area (Å²) in [6, 6.07) is 9.90. The number of aliphatic hydroxyl groups is 1. The minimum Gasteiger partial charge on any atom is -0.389 e. The van der Waals surface area contributed by atoms with E-state index in [0.717, 1.165) is 24.8 Å². The summed E-state index contributed by atoms with van der Waals surface area (Å²) >= 11 is 0. The lowest BCUT2D eigenvalue weighted by Gasteiger charge is -2.14. The van der Waals surface area contributed by atoms with Crippen molar-refractivity contribution in [1.82, 2.24) is 4.90 Å². The third kappa shape index (κ3) is 8.73. The number of nitrogens with zero attached hydrogens (tertiary/aromatic N) is 1. The van der Waals surface area contributed by atoms with E-state index in [1.165, 1.54) is 0 Å². The van der Waals surface area contributed by atoms with Crippen LogP contribution in [0.2, 0.25) is 0 Å². The van der Waals surface area contributed by atoms with Gasteiger partial charge in [0.2, 0.25) is 5.91 Å². The zero-order chi connectivity index (χ0) is 16.9. The highest BCUT2D eigenvalue weighted by atomic mass is 16.3. The van der Waals surface area contributed by atoms with Crippen molar-refractivity contribution in [2.45, 2.75) is 25.7 Å². The van der Waals surface area contributed by atoms with Crippen LogP contribution < -0.4 is 0 Å². The third-order valence-corrected chi connectivity index (χ3v) is 3.44. The number of carbonyl (C=O) groups excluding carboxylic acids is 2. The second kappa shape index (κ2) is 11.4. The Bertz CT molecular complexity index is 535. The fraction of sp³-hybridized carbons (Fsp3) is 0.368. The highest BCUT2D eigenvalue weighted by molar-refractivity contribution is 5.87. The van der Waals surface area contributed by atoms with Gasteiger partial charge in [-0.05, 0) is 18.4 Å². The number of benzene rings is 1. The van der Waals surface area contributed by atoms with Crippen LogP contribution in [-0.2, 0) is 9.59 Å². The van der Waals surface area contributed by atoms with Gasteiger partial charge in [-0.3, -0.25) is 9.59 Å². The first-order valence-corrected chi connectivity index (χ1v) is 7.91. The van der Waals surface area contributed by atoms with Gasteiger partial charge in [-0.15, -0.1) is 0 Å². The topological polar surface area (TPSA) is 57.6 Å². The highest BCUT2D eigenvalue weighted by Gasteiger charge is 2.04. The van der Waals surface area contributed by atoms with E-state index in [1.807, 2.05) is 42.5 Å². The molecule has 0 heterocycles. The fourth-order valence-electron chi connectivity index (χ4n) is 2.03. The number of likely N-dealkylation sites (N-methyl/N-ethyl adjacent to an activating group) is 1. The van der Waals surface area contributed by atoms with E-state index in [9.17, 15) is 9.59 Å². The van der Waals surface area contributed by atoms with Crippen LogP contribution in [0.5, 0.6) is 0 Å². The van der Waals surface area contributed by atoms with Crippen molar-refractivity contribution in [3.63, 3.8) is 0 Å². The zero-order valence-corrected chi connectivity index (χ0v) is 13.6. The standard InChI is InChI=1S/C19H25NO3/c1-20(15-9-3-6-13-18(22)16-21)19(23)14-8-7-12-17-10-4-2-5-11-17/h2,4-5,7-8,10-12,14,21H,3,6,9,13,15-16H2,1H3/b12-7+,14-8+. The van der Waals surface area contributed by atoms with E-state index in [2.05, 4.69) is 0 Å². The lowest BCUT2D eigenvalue weighted by atomic mass is 10.1. The average molecular weight is 315 g/mol. The number of Topliss-reactive ketones (excluding diaryl/α,β-unsaturated/α-hetero) is 1. The van der Waals surface area contributed by atoms with Gasteiger partial charge in [-0.1, -0.05) is 55.0 Å². The van der Waals surface area contributed by atoms with Gasteiger partial charge in [0.05, 0.1) is 0 Å². The van der Waals surface area contributed by atoms with E-state index in [-0.39, 0.29) is 18.3 Å². The van der Waals surface area contributed by atoms with Crippen LogP contribution in [-0.4, -0.2) is 41.9 Å². The molecule has 0 unspecified atom stereocenters. The maximum atomic E-state index is 11.9. The van der Waals surface area contributed by atoms with E-state index < -0.39 is 0 Å². The Hall–Kier alpha value is -2.20. The van der Waals surface area contributed by atoms with Crippen LogP contribution in [0.3, 0.4) is 0 Å². The van der Waals surface area contributed by atoms with E-state index in [4.69, 9.17) is 5.11 Å². The molecule has 1 N–H and O–H groups in total. The van der Waals surface area contributed by atoms with Crippen LogP contribution in [0.15, 0.2) is 48.6 Å². The number of amides is 1. The predicted octanol–water partition coefficient (Wildman–Crippen LogP) is 2.84. The summed E-state index contributed by atoms with van der Waals surface area (Å²) in [5, 5.41) is 8.61. The molecule has 1 aromatic carbocycles. The molecule has 124 valence electrons. The van der Waals surface area contributed by atoms with Crippen molar-refractivity contribution >= 4 is 17.8 Å². The van der Waals surface area contributed by atoms with Crippen molar-refractivity contribution < 1.29 is 14.7 Å². The highest BCUT2D eigenvalue weighted by Crippen LogP contribution is 2.03. The minimum absolute atomic E-state index is 0.0332. The average Bonchev–Trinajstić information content (AvgIpc) is 2.58. The second-order valence-electron chi connectivity index (χ2n) is 5.40. The normalized spacial score (nSPS) is 11.2. The largest absolute Gasteiger partial charge is 0.389 e. The predicted molar refractivity (Wildman–Crippen MR) is 92.8 cm³/mol. The number of allylic oxidation sites excluding steroid dienone is 2. The number of ketones is 1. The number of hydrogen-bond donors (Lipinski definition) is 1. The molecule has 0 spiro atoms. The molecule has 0 atom stereocenters. The first-order valence-electron chi connectivity index (χ1n) is 7.91.